The molecule has 1 unspecified atom stereocenters. The smallest absolute Gasteiger partial charge is 0.229 e. The molecule has 1 saturated heterocycles. The van der Waals surface area contributed by atoms with Crippen LogP contribution < -0.4 is 10.2 Å². The Labute approximate surface area is 165 Å². The van der Waals surface area contributed by atoms with Crippen molar-refractivity contribution in [2.45, 2.75) is 12.8 Å². The lowest BCUT2D eigenvalue weighted by molar-refractivity contribution is -0.120. The van der Waals surface area contributed by atoms with Crippen LogP contribution >= 0.6 is 15.9 Å². The van der Waals surface area contributed by atoms with Crippen molar-refractivity contribution in [3.63, 3.8) is 0 Å². The van der Waals surface area contributed by atoms with Crippen LogP contribution in [0.1, 0.15) is 12.8 Å². The summed E-state index contributed by atoms with van der Waals surface area (Å²) >= 11 is 3.40. The Morgan fingerprint density at radius 1 is 1.11 bits per heavy atom. The van der Waals surface area contributed by atoms with Crippen molar-refractivity contribution in [3.8, 4) is 5.82 Å². The maximum absolute atomic E-state index is 12.6. The Hall–Kier alpha value is -2.74. The first-order valence-corrected chi connectivity index (χ1v) is 9.63. The molecule has 2 aromatic heterocycles. The summed E-state index contributed by atoms with van der Waals surface area (Å²) < 4.78 is 2.66. The first kappa shape index (κ1) is 17.7. The Kier molecular flexibility index (Phi) is 5.15. The van der Waals surface area contributed by atoms with Gasteiger partial charge in [0.2, 0.25) is 5.91 Å². The predicted octanol–water partition coefficient (Wildman–Crippen LogP) is 3.28. The standard InChI is InChI=1S/C19H19BrN6O/c20-15-4-6-16(7-5-15)22-19(27)14-3-1-11-25(13-14)17-8-9-18(24-23-17)26-12-2-10-21-26/h2,4-10,12,14H,1,3,11,13H2,(H,22,27). The zero-order chi connectivity index (χ0) is 18.6. The molecule has 1 amide bonds. The van der Waals surface area contributed by atoms with Crippen molar-refractivity contribution in [3.05, 3.63) is 59.3 Å². The highest BCUT2D eigenvalue weighted by Crippen LogP contribution is 2.23. The summed E-state index contributed by atoms with van der Waals surface area (Å²) in [6.45, 7) is 1.51. The van der Waals surface area contributed by atoms with Gasteiger partial charge in [0.1, 0.15) is 0 Å². The van der Waals surface area contributed by atoms with Gasteiger partial charge in [0.15, 0.2) is 11.6 Å². The molecule has 1 aliphatic rings. The lowest BCUT2D eigenvalue weighted by Crippen LogP contribution is -2.41. The van der Waals surface area contributed by atoms with E-state index in [4.69, 9.17) is 0 Å². The summed E-state index contributed by atoms with van der Waals surface area (Å²) in [5.74, 6) is 1.43. The van der Waals surface area contributed by atoms with Crippen LogP contribution in [0.5, 0.6) is 0 Å². The number of nitrogens with zero attached hydrogens (tertiary/aromatic N) is 5. The molecule has 1 fully saturated rings. The molecule has 1 N–H and O–H groups in total. The van der Waals surface area contributed by atoms with Crippen LogP contribution in [0.2, 0.25) is 0 Å². The van der Waals surface area contributed by atoms with Crippen LogP contribution in [0.3, 0.4) is 0 Å². The number of benzene rings is 1. The molecule has 3 aromatic rings. The number of carbonyl (C=O) groups is 1. The first-order valence-electron chi connectivity index (χ1n) is 8.84. The Morgan fingerprint density at radius 2 is 1.89 bits per heavy atom. The second-order valence-corrected chi connectivity index (χ2v) is 7.40. The van der Waals surface area contributed by atoms with Crippen LogP contribution in [0.4, 0.5) is 11.5 Å². The number of amides is 1. The van der Waals surface area contributed by atoms with Gasteiger partial charge in [-0.1, -0.05) is 15.9 Å². The molecule has 0 saturated carbocycles. The van der Waals surface area contributed by atoms with Gasteiger partial charge in [-0.3, -0.25) is 4.79 Å². The minimum Gasteiger partial charge on any atom is -0.354 e. The summed E-state index contributed by atoms with van der Waals surface area (Å²) in [6.07, 6.45) is 5.35. The van der Waals surface area contributed by atoms with Crippen molar-refractivity contribution in [2.75, 3.05) is 23.3 Å². The van der Waals surface area contributed by atoms with Gasteiger partial charge in [0.25, 0.3) is 0 Å². The molecule has 0 aliphatic carbocycles. The van der Waals surface area contributed by atoms with E-state index in [1.54, 1.807) is 10.9 Å². The van der Waals surface area contributed by atoms with Crippen LogP contribution in [-0.2, 0) is 4.79 Å². The van der Waals surface area contributed by atoms with E-state index in [-0.39, 0.29) is 11.8 Å². The zero-order valence-electron chi connectivity index (χ0n) is 14.6. The quantitative estimate of drug-likeness (QED) is 0.692. The van der Waals surface area contributed by atoms with Crippen LogP contribution in [0.15, 0.2) is 59.3 Å². The number of halogens is 1. The molecule has 1 atom stereocenters. The molecule has 1 aliphatic heterocycles. The number of hydrogen-bond acceptors (Lipinski definition) is 5. The molecular formula is C19H19BrN6O. The summed E-state index contributed by atoms with van der Waals surface area (Å²) in [5.41, 5.74) is 0.809. The molecule has 138 valence electrons. The van der Waals surface area contributed by atoms with Crippen LogP contribution in [-0.4, -0.2) is 39.0 Å². The highest BCUT2D eigenvalue weighted by Gasteiger charge is 2.26. The molecule has 3 heterocycles. The maximum Gasteiger partial charge on any atom is 0.229 e. The number of carbonyl (C=O) groups excluding carboxylic acids is 1. The molecule has 4 rings (SSSR count). The van der Waals surface area contributed by atoms with Gasteiger partial charge in [-0.15, -0.1) is 10.2 Å². The molecule has 7 nitrogen and oxygen atoms in total. The number of rotatable bonds is 4. The molecule has 27 heavy (non-hydrogen) atoms. The topological polar surface area (TPSA) is 75.9 Å². The fourth-order valence-electron chi connectivity index (χ4n) is 3.19. The molecule has 0 spiro atoms. The third-order valence-electron chi connectivity index (χ3n) is 4.60. The van der Waals surface area contributed by atoms with Crippen molar-refractivity contribution in [1.29, 1.82) is 0 Å². The Morgan fingerprint density at radius 3 is 2.59 bits per heavy atom. The van der Waals surface area contributed by atoms with Gasteiger partial charge in [0.05, 0.1) is 5.92 Å². The third kappa shape index (κ3) is 4.16. The fraction of sp³-hybridized carbons (Fsp3) is 0.263. The van der Waals surface area contributed by atoms with E-state index >= 15 is 0 Å². The summed E-state index contributed by atoms with van der Waals surface area (Å²) in [5, 5.41) is 15.7. The second kappa shape index (κ2) is 7.87. The maximum atomic E-state index is 12.6. The van der Waals surface area contributed by atoms with E-state index in [0.717, 1.165) is 35.4 Å². The van der Waals surface area contributed by atoms with E-state index in [2.05, 4.69) is 41.4 Å². The van der Waals surface area contributed by atoms with Gasteiger partial charge in [-0.05, 0) is 55.3 Å². The second-order valence-electron chi connectivity index (χ2n) is 6.48. The van der Waals surface area contributed by atoms with Crippen molar-refractivity contribution < 1.29 is 4.79 Å². The van der Waals surface area contributed by atoms with E-state index in [9.17, 15) is 4.79 Å². The van der Waals surface area contributed by atoms with Crippen LogP contribution in [0, 0.1) is 5.92 Å². The predicted molar refractivity (Wildman–Crippen MR) is 107 cm³/mol. The van der Waals surface area contributed by atoms with E-state index < -0.39 is 0 Å². The molecular weight excluding hydrogens is 408 g/mol. The normalized spacial score (nSPS) is 16.9. The van der Waals surface area contributed by atoms with Gasteiger partial charge in [0, 0.05) is 35.6 Å². The van der Waals surface area contributed by atoms with E-state index in [0.29, 0.717) is 12.4 Å². The van der Waals surface area contributed by atoms with Gasteiger partial charge in [-0.25, -0.2) is 4.68 Å². The number of hydrogen-bond donors (Lipinski definition) is 1. The van der Waals surface area contributed by atoms with Crippen molar-refractivity contribution >= 4 is 33.3 Å². The lowest BCUT2D eigenvalue weighted by atomic mass is 9.97. The average molecular weight is 427 g/mol. The van der Waals surface area contributed by atoms with Gasteiger partial charge < -0.3 is 10.2 Å². The van der Waals surface area contributed by atoms with E-state index in [1.807, 2.05) is 48.7 Å². The monoisotopic (exact) mass is 426 g/mol. The first-order chi connectivity index (χ1) is 13.2. The van der Waals surface area contributed by atoms with Crippen molar-refractivity contribution in [2.24, 2.45) is 5.92 Å². The minimum atomic E-state index is -0.0741. The number of nitrogens with one attached hydrogen (secondary N) is 1. The highest BCUT2D eigenvalue weighted by atomic mass is 79.9. The number of anilines is 2. The fourth-order valence-corrected chi connectivity index (χ4v) is 3.45. The van der Waals surface area contributed by atoms with Crippen LogP contribution in [0.25, 0.3) is 5.82 Å². The Balaban J connectivity index is 1.41. The minimum absolute atomic E-state index is 0.0446. The summed E-state index contributed by atoms with van der Waals surface area (Å²) in [6, 6.07) is 13.3. The molecule has 0 radical (unpaired) electrons. The zero-order valence-corrected chi connectivity index (χ0v) is 16.2. The number of piperidine rings is 1. The largest absolute Gasteiger partial charge is 0.354 e. The SMILES string of the molecule is O=C(Nc1ccc(Br)cc1)C1CCCN(c2ccc(-n3cccn3)nn2)C1. The number of aromatic nitrogens is 4. The van der Waals surface area contributed by atoms with Gasteiger partial charge >= 0.3 is 0 Å². The third-order valence-corrected chi connectivity index (χ3v) is 5.13. The molecule has 0 bridgehead atoms. The van der Waals surface area contributed by atoms with E-state index in [1.165, 1.54) is 0 Å². The molecule has 1 aromatic carbocycles. The lowest BCUT2D eigenvalue weighted by Gasteiger charge is -2.32. The van der Waals surface area contributed by atoms with Crippen molar-refractivity contribution in [1.82, 2.24) is 20.0 Å². The summed E-state index contributed by atoms with van der Waals surface area (Å²) in [7, 11) is 0. The average Bonchev–Trinajstić information content (AvgIpc) is 3.25. The highest BCUT2D eigenvalue weighted by molar-refractivity contribution is 9.10. The Bertz CT molecular complexity index is 895. The summed E-state index contributed by atoms with van der Waals surface area (Å²) in [4.78, 5) is 14.8. The van der Waals surface area contributed by atoms with Gasteiger partial charge in [-0.2, -0.15) is 5.10 Å². The molecule has 8 heteroatoms.